The van der Waals surface area contributed by atoms with Gasteiger partial charge in [0.1, 0.15) is 5.54 Å². The van der Waals surface area contributed by atoms with E-state index in [-0.39, 0.29) is 23.1 Å². The number of hydrogen-bond donors (Lipinski definition) is 3. The Kier molecular flexibility index (Phi) is 3.69. The zero-order valence-electron chi connectivity index (χ0n) is 11.1. The Balaban J connectivity index is 2.78. The van der Waals surface area contributed by atoms with Crippen LogP contribution < -0.4 is 11.1 Å². The number of nitrogens with one attached hydrogen (secondary N) is 1. The molecule has 98 valence electrons. The number of amides is 1. The molecule has 1 rings (SSSR count). The largest absolute Gasteiger partial charge is 0.409 e. The van der Waals surface area contributed by atoms with Crippen molar-refractivity contribution in [2.75, 3.05) is 0 Å². The second-order valence-corrected chi connectivity index (χ2v) is 5.51. The van der Waals surface area contributed by atoms with Crippen LogP contribution >= 0.6 is 0 Å². The third-order valence-electron chi connectivity index (χ3n) is 4.00. The summed E-state index contributed by atoms with van der Waals surface area (Å²) in [6, 6.07) is 0. The maximum atomic E-state index is 12.1. The SMILES string of the molecule is CCC(CC)(NC(=O)C1CC1(C)C)C(N)=NO. The van der Waals surface area contributed by atoms with Gasteiger partial charge >= 0.3 is 0 Å². The van der Waals surface area contributed by atoms with Crippen LogP contribution in [0.15, 0.2) is 5.16 Å². The van der Waals surface area contributed by atoms with Crippen molar-refractivity contribution in [1.82, 2.24) is 5.32 Å². The van der Waals surface area contributed by atoms with Crippen molar-refractivity contribution in [2.24, 2.45) is 22.2 Å². The first-order chi connectivity index (χ1) is 7.83. The normalized spacial score (nSPS) is 23.3. The van der Waals surface area contributed by atoms with Crippen molar-refractivity contribution >= 4 is 11.7 Å². The molecule has 0 aromatic rings. The molecule has 4 N–H and O–H groups in total. The van der Waals surface area contributed by atoms with Gasteiger partial charge in [-0.3, -0.25) is 4.79 Å². The highest BCUT2D eigenvalue weighted by atomic mass is 16.4. The van der Waals surface area contributed by atoms with E-state index in [9.17, 15) is 4.79 Å². The summed E-state index contributed by atoms with van der Waals surface area (Å²) < 4.78 is 0. The minimum Gasteiger partial charge on any atom is -0.409 e. The maximum absolute atomic E-state index is 12.1. The van der Waals surface area contributed by atoms with Gasteiger partial charge in [-0.05, 0) is 24.7 Å². The Morgan fingerprint density at radius 3 is 2.29 bits per heavy atom. The van der Waals surface area contributed by atoms with Crippen molar-refractivity contribution in [3.63, 3.8) is 0 Å². The molecular formula is C12H23N3O2. The smallest absolute Gasteiger partial charge is 0.224 e. The molecule has 1 atom stereocenters. The lowest BCUT2D eigenvalue weighted by atomic mass is 9.91. The topological polar surface area (TPSA) is 87.7 Å². The van der Waals surface area contributed by atoms with Gasteiger partial charge in [0.15, 0.2) is 5.84 Å². The Morgan fingerprint density at radius 1 is 1.53 bits per heavy atom. The lowest BCUT2D eigenvalue weighted by molar-refractivity contribution is -0.124. The zero-order chi connectivity index (χ0) is 13.3. The van der Waals surface area contributed by atoms with Gasteiger partial charge in [-0.1, -0.05) is 32.9 Å². The molecule has 1 fully saturated rings. The lowest BCUT2D eigenvalue weighted by Crippen LogP contribution is -2.57. The van der Waals surface area contributed by atoms with Crippen LogP contribution in [0.25, 0.3) is 0 Å². The summed E-state index contributed by atoms with van der Waals surface area (Å²) >= 11 is 0. The lowest BCUT2D eigenvalue weighted by Gasteiger charge is -2.31. The Labute approximate surface area is 102 Å². The van der Waals surface area contributed by atoms with Gasteiger partial charge in [-0.25, -0.2) is 0 Å². The summed E-state index contributed by atoms with van der Waals surface area (Å²) in [5.74, 6) is 0.131. The van der Waals surface area contributed by atoms with Gasteiger partial charge in [-0.2, -0.15) is 0 Å². The van der Waals surface area contributed by atoms with Crippen LogP contribution in [0.1, 0.15) is 47.0 Å². The molecule has 1 amide bonds. The van der Waals surface area contributed by atoms with Gasteiger partial charge < -0.3 is 16.3 Å². The quantitative estimate of drug-likeness (QED) is 0.295. The van der Waals surface area contributed by atoms with E-state index in [0.717, 1.165) is 6.42 Å². The molecule has 0 radical (unpaired) electrons. The summed E-state index contributed by atoms with van der Waals surface area (Å²) in [4.78, 5) is 12.1. The number of rotatable bonds is 5. The zero-order valence-corrected chi connectivity index (χ0v) is 11.1. The maximum Gasteiger partial charge on any atom is 0.224 e. The monoisotopic (exact) mass is 241 g/mol. The van der Waals surface area contributed by atoms with E-state index in [1.54, 1.807) is 0 Å². The standard InChI is InChI=1S/C12H23N3O2/c1-5-12(6-2,10(13)15-17)14-9(16)8-7-11(8,3)4/h8,17H,5-7H2,1-4H3,(H2,13,15)(H,14,16). The molecule has 17 heavy (non-hydrogen) atoms. The van der Waals surface area contributed by atoms with Crippen LogP contribution in [-0.2, 0) is 4.79 Å². The van der Waals surface area contributed by atoms with Crippen LogP contribution in [0.5, 0.6) is 0 Å². The highest BCUT2D eigenvalue weighted by Gasteiger charge is 2.52. The summed E-state index contributed by atoms with van der Waals surface area (Å²) in [5, 5.41) is 14.8. The number of amidine groups is 1. The fraction of sp³-hybridized carbons (Fsp3) is 0.833. The fourth-order valence-electron chi connectivity index (χ4n) is 2.19. The molecule has 0 saturated heterocycles. The molecule has 0 aromatic heterocycles. The molecule has 0 spiro atoms. The molecule has 0 bridgehead atoms. The predicted octanol–water partition coefficient (Wildman–Crippen LogP) is 1.45. The first kappa shape index (κ1) is 13.8. The van der Waals surface area contributed by atoms with Crippen LogP contribution in [0.2, 0.25) is 0 Å². The van der Waals surface area contributed by atoms with Crippen LogP contribution in [0.3, 0.4) is 0 Å². The Bertz CT molecular complexity index is 333. The third kappa shape index (κ3) is 2.53. The minimum atomic E-state index is -0.718. The van der Waals surface area contributed by atoms with E-state index in [1.165, 1.54) is 0 Å². The number of oxime groups is 1. The summed E-state index contributed by atoms with van der Waals surface area (Å²) in [7, 11) is 0. The van der Waals surface area contributed by atoms with Crippen molar-refractivity contribution < 1.29 is 10.0 Å². The molecule has 5 nitrogen and oxygen atoms in total. The van der Waals surface area contributed by atoms with Gasteiger partial charge in [0.05, 0.1) is 0 Å². The molecule has 1 unspecified atom stereocenters. The molecule has 0 aliphatic heterocycles. The van der Waals surface area contributed by atoms with E-state index < -0.39 is 5.54 Å². The average Bonchev–Trinajstić information content (AvgIpc) is 2.94. The third-order valence-corrected chi connectivity index (χ3v) is 4.00. The van der Waals surface area contributed by atoms with E-state index in [4.69, 9.17) is 10.9 Å². The van der Waals surface area contributed by atoms with Crippen molar-refractivity contribution in [2.45, 2.75) is 52.5 Å². The fourth-order valence-corrected chi connectivity index (χ4v) is 2.19. The van der Waals surface area contributed by atoms with Gasteiger partial charge in [0.2, 0.25) is 5.91 Å². The molecule has 5 heteroatoms. The highest BCUT2D eigenvalue weighted by Crippen LogP contribution is 2.51. The summed E-state index contributed by atoms with van der Waals surface area (Å²) in [5.41, 5.74) is 5.06. The van der Waals surface area contributed by atoms with Crippen molar-refractivity contribution in [1.29, 1.82) is 0 Å². The molecular weight excluding hydrogens is 218 g/mol. The number of nitrogens with two attached hydrogens (primary N) is 1. The van der Waals surface area contributed by atoms with Gasteiger partial charge in [-0.15, -0.1) is 0 Å². The van der Waals surface area contributed by atoms with E-state index in [0.29, 0.717) is 12.8 Å². The van der Waals surface area contributed by atoms with Crippen LogP contribution in [0.4, 0.5) is 0 Å². The molecule has 0 aromatic carbocycles. The Morgan fingerprint density at radius 2 is 2.00 bits per heavy atom. The average molecular weight is 241 g/mol. The number of nitrogens with zero attached hydrogens (tertiary/aromatic N) is 1. The molecule has 1 aliphatic carbocycles. The Hall–Kier alpha value is -1.26. The molecule has 1 aliphatic rings. The van der Waals surface area contributed by atoms with Crippen molar-refractivity contribution in [3.8, 4) is 0 Å². The van der Waals surface area contributed by atoms with E-state index >= 15 is 0 Å². The first-order valence-electron chi connectivity index (χ1n) is 6.13. The predicted molar refractivity (Wildman–Crippen MR) is 66.8 cm³/mol. The molecule has 1 saturated carbocycles. The van der Waals surface area contributed by atoms with Gasteiger partial charge in [0.25, 0.3) is 0 Å². The highest BCUT2D eigenvalue weighted by molar-refractivity contribution is 5.95. The van der Waals surface area contributed by atoms with Crippen LogP contribution in [-0.4, -0.2) is 22.5 Å². The van der Waals surface area contributed by atoms with Gasteiger partial charge in [0, 0.05) is 5.92 Å². The molecule has 0 heterocycles. The first-order valence-corrected chi connectivity index (χ1v) is 6.13. The second kappa shape index (κ2) is 4.55. The number of hydrogen-bond acceptors (Lipinski definition) is 3. The second-order valence-electron chi connectivity index (χ2n) is 5.51. The summed E-state index contributed by atoms with van der Waals surface area (Å²) in [6.45, 7) is 7.97. The van der Waals surface area contributed by atoms with Crippen molar-refractivity contribution in [3.05, 3.63) is 0 Å². The minimum absolute atomic E-state index is 0.00491. The summed E-state index contributed by atoms with van der Waals surface area (Å²) in [6.07, 6.45) is 2.12. The number of carbonyl (C=O) groups excluding carboxylic acids is 1. The number of carbonyl (C=O) groups is 1. The van der Waals surface area contributed by atoms with E-state index in [2.05, 4.69) is 24.3 Å². The van der Waals surface area contributed by atoms with E-state index in [1.807, 2.05) is 13.8 Å². The van der Waals surface area contributed by atoms with Crippen LogP contribution in [0, 0.1) is 11.3 Å².